The van der Waals surface area contributed by atoms with Crippen LogP contribution in [-0.2, 0) is 9.57 Å². The molecule has 2 aromatic heterocycles. The summed E-state index contributed by atoms with van der Waals surface area (Å²) in [6, 6.07) is 5.56. The summed E-state index contributed by atoms with van der Waals surface area (Å²) < 4.78 is 11.0. The number of aromatic nitrogens is 3. The number of pyridine rings is 1. The molecule has 1 N–H and O–H groups in total. The van der Waals surface area contributed by atoms with Gasteiger partial charge in [0.05, 0.1) is 17.5 Å². The van der Waals surface area contributed by atoms with Gasteiger partial charge < -0.3 is 19.6 Å². The van der Waals surface area contributed by atoms with Crippen molar-refractivity contribution in [1.82, 2.24) is 20.0 Å². The van der Waals surface area contributed by atoms with Crippen LogP contribution >= 0.6 is 0 Å². The number of rotatable bonds is 6. The third-order valence-corrected chi connectivity index (χ3v) is 4.14. The number of piperidine rings is 1. The summed E-state index contributed by atoms with van der Waals surface area (Å²) in [6.07, 6.45) is 3.74. The molecule has 3 rings (SSSR count). The maximum Gasteiger partial charge on any atom is 0.528 e. The van der Waals surface area contributed by atoms with Crippen LogP contribution in [0.3, 0.4) is 0 Å². The molecule has 0 aromatic carbocycles. The minimum atomic E-state index is -0.674. The van der Waals surface area contributed by atoms with Crippen molar-refractivity contribution < 1.29 is 19.1 Å². The molecule has 9 nitrogen and oxygen atoms in total. The summed E-state index contributed by atoms with van der Waals surface area (Å²) in [6.45, 7) is 6.63. The number of hydroxylamine groups is 2. The van der Waals surface area contributed by atoms with Gasteiger partial charge in [0.2, 0.25) is 5.88 Å². The first-order valence-electron chi connectivity index (χ1n) is 9.30. The number of carbonyl (C=O) groups excluding carboxylic acids is 1. The summed E-state index contributed by atoms with van der Waals surface area (Å²) in [7, 11) is 0. The predicted molar refractivity (Wildman–Crippen MR) is 102 cm³/mol. The molecule has 0 unspecified atom stereocenters. The second-order valence-electron chi connectivity index (χ2n) is 6.76. The van der Waals surface area contributed by atoms with Crippen molar-refractivity contribution >= 4 is 17.7 Å². The smallest absolute Gasteiger partial charge is 0.474 e. The Balaban J connectivity index is 1.50. The van der Waals surface area contributed by atoms with Gasteiger partial charge >= 0.3 is 6.16 Å². The second kappa shape index (κ2) is 9.32. The second-order valence-corrected chi connectivity index (χ2v) is 6.76. The molecular weight excluding hydrogens is 362 g/mol. The Morgan fingerprint density at radius 1 is 1.25 bits per heavy atom. The maximum atomic E-state index is 11.6. The number of ether oxygens (including phenoxy) is 2. The summed E-state index contributed by atoms with van der Waals surface area (Å²) >= 11 is 0. The quantitative estimate of drug-likeness (QED) is 0.749. The van der Waals surface area contributed by atoms with Crippen molar-refractivity contribution in [3.8, 4) is 5.88 Å². The highest BCUT2D eigenvalue weighted by Gasteiger charge is 2.24. The first kappa shape index (κ1) is 19.8. The zero-order valence-corrected chi connectivity index (χ0v) is 16.3. The van der Waals surface area contributed by atoms with Gasteiger partial charge in [0.1, 0.15) is 18.2 Å². The Morgan fingerprint density at radius 3 is 2.75 bits per heavy atom. The first-order valence-corrected chi connectivity index (χ1v) is 9.30. The normalized spacial score (nSPS) is 15.3. The van der Waals surface area contributed by atoms with E-state index in [0.717, 1.165) is 11.4 Å². The molecule has 1 saturated heterocycles. The molecule has 0 spiro atoms. The lowest BCUT2D eigenvalue weighted by Gasteiger charge is -2.30. The topological polar surface area (TPSA) is 98.7 Å². The third-order valence-electron chi connectivity index (χ3n) is 4.14. The lowest BCUT2D eigenvalue weighted by atomic mass is 10.1. The minimum Gasteiger partial charge on any atom is -0.474 e. The molecule has 0 amide bonds. The van der Waals surface area contributed by atoms with E-state index in [2.05, 4.69) is 20.3 Å². The highest BCUT2D eigenvalue weighted by Crippen LogP contribution is 2.22. The summed E-state index contributed by atoms with van der Waals surface area (Å²) in [4.78, 5) is 29.4. The zero-order chi connectivity index (χ0) is 19.9. The average Bonchev–Trinajstić information content (AvgIpc) is 2.65. The average molecular weight is 387 g/mol. The van der Waals surface area contributed by atoms with Gasteiger partial charge in [0, 0.05) is 38.2 Å². The van der Waals surface area contributed by atoms with Crippen molar-refractivity contribution in [2.24, 2.45) is 0 Å². The summed E-state index contributed by atoms with van der Waals surface area (Å²) in [5.41, 5.74) is 1.76. The highest BCUT2D eigenvalue weighted by molar-refractivity contribution is 5.59. The van der Waals surface area contributed by atoms with Crippen LogP contribution in [0, 0.1) is 6.92 Å². The highest BCUT2D eigenvalue weighted by atomic mass is 16.8. The van der Waals surface area contributed by atoms with E-state index >= 15 is 0 Å². The van der Waals surface area contributed by atoms with Crippen LogP contribution in [0.5, 0.6) is 5.88 Å². The molecule has 1 aliphatic heterocycles. The number of carbonyl (C=O) groups is 1. The Labute approximate surface area is 164 Å². The fourth-order valence-electron chi connectivity index (χ4n) is 2.76. The number of aryl methyl sites for hydroxylation is 1. The fraction of sp³-hybridized carbons (Fsp3) is 0.474. The van der Waals surface area contributed by atoms with E-state index in [9.17, 15) is 4.79 Å². The molecule has 1 aliphatic rings. The van der Waals surface area contributed by atoms with Gasteiger partial charge in [-0.3, -0.25) is 4.98 Å². The lowest BCUT2D eigenvalue weighted by molar-refractivity contribution is -0.151. The largest absolute Gasteiger partial charge is 0.528 e. The fourth-order valence-corrected chi connectivity index (χ4v) is 2.76. The van der Waals surface area contributed by atoms with Crippen molar-refractivity contribution in [2.75, 3.05) is 18.4 Å². The summed E-state index contributed by atoms with van der Waals surface area (Å²) in [5.74, 6) is 1.14. The van der Waals surface area contributed by atoms with Gasteiger partial charge in [0.15, 0.2) is 0 Å². The van der Waals surface area contributed by atoms with Crippen LogP contribution in [0.25, 0.3) is 0 Å². The predicted octanol–water partition coefficient (Wildman–Crippen LogP) is 3.24. The van der Waals surface area contributed by atoms with Crippen molar-refractivity contribution in [3.05, 3.63) is 36.4 Å². The number of nitrogens with zero attached hydrogens (tertiary/aromatic N) is 4. The molecule has 9 heteroatoms. The molecule has 28 heavy (non-hydrogen) atoms. The minimum absolute atomic E-state index is 0.0103. The first-order chi connectivity index (χ1) is 13.5. The molecule has 3 heterocycles. The van der Waals surface area contributed by atoms with E-state index in [-0.39, 0.29) is 12.2 Å². The van der Waals surface area contributed by atoms with E-state index in [1.165, 1.54) is 6.33 Å². The molecule has 2 aromatic rings. The Hall–Kier alpha value is -2.94. The molecule has 1 fully saturated rings. The Bertz CT molecular complexity index is 793. The molecule has 0 aliphatic carbocycles. The van der Waals surface area contributed by atoms with Crippen LogP contribution in [0.15, 0.2) is 30.7 Å². The molecular formula is C19H25N5O4. The number of anilines is 2. The van der Waals surface area contributed by atoms with E-state index in [1.54, 1.807) is 31.2 Å². The Kier molecular flexibility index (Phi) is 6.59. The summed E-state index contributed by atoms with van der Waals surface area (Å²) in [5, 5.41) is 4.82. The van der Waals surface area contributed by atoms with Crippen LogP contribution in [-0.4, -0.2) is 51.5 Å². The number of nitrogens with one attached hydrogen (secondary N) is 1. The zero-order valence-electron chi connectivity index (χ0n) is 16.3. The monoisotopic (exact) mass is 387 g/mol. The van der Waals surface area contributed by atoms with E-state index in [1.807, 2.05) is 19.1 Å². The third kappa shape index (κ3) is 5.78. The van der Waals surface area contributed by atoms with Gasteiger partial charge in [-0.05, 0) is 32.9 Å². The molecule has 0 atom stereocenters. The van der Waals surface area contributed by atoms with Gasteiger partial charge in [-0.2, -0.15) is 0 Å². The van der Waals surface area contributed by atoms with Crippen LogP contribution in [0.4, 0.5) is 16.3 Å². The van der Waals surface area contributed by atoms with E-state index < -0.39 is 6.16 Å². The van der Waals surface area contributed by atoms with Crippen LogP contribution in [0.2, 0.25) is 0 Å². The Morgan fingerprint density at radius 2 is 2.04 bits per heavy atom. The standard InChI is InChI=1S/C19H25N5O4/c1-13(2)26-19(25)28-24-9-6-15(7-10-24)27-18-11-17(21-12-22-18)23-16-5-4-8-20-14(16)3/h4-5,8,11-13,15H,6-7,9-10H2,1-3H3,(H,21,22,23). The van der Waals surface area contributed by atoms with Crippen LogP contribution < -0.4 is 10.1 Å². The van der Waals surface area contributed by atoms with Gasteiger partial charge in [-0.15, -0.1) is 5.06 Å². The van der Waals surface area contributed by atoms with Crippen molar-refractivity contribution in [3.63, 3.8) is 0 Å². The van der Waals surface area contributed by atoms with E-state index in [0.29, 0.717) is 37.6 Å². The molecule has 0 saturated carbocycles. The van der Waals surface area contributed by atoms with Crippen molar-refractivity contribution in [2.45, 2.75) is 45.8 Å². The van der Waals surface area contributed by atoms with Gasteiger partial charge in [-0.25, -0.2) is 14.8 Å². The SMILES string of the molecule is Cc1ncccc1Nc1cc(OC2CCN(OC(=O)OC(C)C)CC2)ncn1. The van der Waals surface area contributed by atoms with Gasteiger partial charge in [0.25, 0.3) is 0 Å². The maximum absolute atomic E-state index is 11.6. The molecule has 150 valence electrons. The van der Waals surface area contributed by atoms with Crippen LogP contribution in [0.1, 0.15) is 32.4 Å². The number of hydrogen-bond acceptors (Lipinski definition) is 9. The molecule has 0 bridgehead atoms. The molecule has 0 radical (unpaired) electrons. The lowest BCUT2D eigenvalue weighted by Crippen LogP contribution is -2.40. The number of hydrogen-bond donors (Lipinski definition) is 1. The van der Waals surface area contributed by atoms with Crippen molar-refractivity contribution in [1.29, 1.82) is 0 Å². The van der Waals surface area contributed by atoms with Gasteiger partial charge in [-0.1, -0.05) is 0 Å². The van der Waals surface area contributed by atoms with E-state index in [4.69, 9.17) is 14.3 Å².